The molecule has 0 saturated carbocycles. The normalized spacial score (nSPS) is 12.4. The molecule has 1 aromatic rings. The van der Waals surface area contributed by atoms with E-state index in [4.69, 9.17) is 4.74 Å². The molecule has 3 heteroatoms. The molecule has 0 bridgehead atoms. The first-order valence-corrected chi connectivity index (χ1v) is 7.92. The molecule has 23 heavy (non-hydrogen) atoms. The van der Waals surface area contributed by atoms with Crippen molar-refractivity contribution < 1.29 is 14.3 Å². The van der Waals surface area contributed by atoms with Crippen molar-refractivity contribution in [3.05, 3.63) is 58.7 Å². The lowest BCUT2D eigenvalue weighted by atomic mass is 10.0. The highest BCUT2D eigenvalue weighted by Gasteiger charge is 2.11. The fourth-order valence-electron chi connectivity index (χ4n) is 2.36. The number of esters is 1. The predicted molar refractivity (Wildman–Crippen MR) is 93.5 cm³/mol. The molecule has 0 fully saturated rings. The minimum absolute atomic E-state index is 0.296. The number of hydrogen-bond donors (Lipinski definition) is 0. The average Bonchev–Trinajstić information content (AvgIpc) is 2.46. The molecule has 1 rings (SSSR count). The van der Waals surface area contributed by atoms with Gasteiger partial charge in [0, 0.05) is 18.9 Å². The lowest BCUT2D eigenvalue weighted by Gasteiger charge is -2.15. The molecule has 0 spiro atoms. The third-order valence-electron chi connectivity index (χ3n) is 3.40. The minimum Gasteiger partial charge on any atom is -0.458 e. The summed E-state index contributed by atoms with van der Waals surface area (Å²) < 4.78 is 5.41. The maximum absolute atomic E-state index is 11.3. The Bertz CT molecular complexity index is 593. The van der Waals surface area contributed by atoms with Crippen LogP contribution in [-0.4, -0.2) is 18.4 Å². The largest absolute Gasteiger partial charge is 0.458 e. The van der Waals surface area contributed by atoms with Gasteiger partial charge in [-0.2, -0.15) is 0 Å². The van der Waals surface area contributed by atoms with Crippen LogP contribution in [0.2, 0.25) is 0 Å². The molecule has 3 nitrogen and oxygen atoms in total. The van der Waals surface area contributed by atoms with Gasteiger partial charge in [0.1, 0.15) is 12.4 Å². The number of allylic oxidation sites excluding steroid dienone is 3. The Labute approximate surface area is 139 Å². The molecular weight excluding hydrogens is 288 g/mol. The molecule has 0 radical (unpaired) electrons. The summed E-state index contributed by atoms with van der Waals surface area (Å²) in [6.07, 6.45) is 7.22. The Morgan fingerprint density at radius 2 is 1.96 bits per heavy atom. The van der Waals surface area contributed by atoms with Crippen molar-refractivity contribution in [1.82, 2.24) is 0 Å². The SMILES string of the molecule is CC(=O)O[C@H](/C=C(\C)CCC=C(C)C)Cc1cccc(C=O)c1. The molecule has 0 saturated heterocycles. The highest BCUT2D eigenvalue weighted by atomic mass is 16.5. The number of aldehydes is 1. The Morgan fingerprint density at radius 1 is 1.22 bits per heavy atom. The van der Waals surface area contributed by atoms with Gasteiger partial charge in [0.2, 0.25) is 0 Å². The number of hydrogen-bond acceptors (Lipinski definition) is 3. The second-order valence-corrected chi connectivity index (χ2v) is 6.05. The lowest BCUT2D eigenvalue weighted by molar-refractivity contribution is -0.144. The Balaban J connectivity index is 2.80. The monoisotopic (exact) mass is 314 g/mol. The lowest BCUT2D eigenvalue weighted by Crippen LogP contribution is -2.17. The van der Waals surface area contributed by atoms with E-state index in [-0.39, 0.29) is 12.1 Å². The van der Waals surface area contributed by atoms with Crippen molar-refractivity contribution >= 4 is 12.3 Å². The molecule has 0 aliphatic heterocycles. The standard InChI is InChI=1S/C20H26O3/c1-15(2)7-5-8-16(3)11-20(23-17(4)22)13-18-9-6-10-19(12-18)14-21/h6-7,9-12,14,20H,5,8,13H2,1-4H3/b16-11+/t20-/m1/s1. The van der Waals surface area contributed by atoms with Gasteiger partial charge in [-0.3, -0.25) is 9.59 Å². The number of rotatable bonds is 8. The second kappa shape index (κ2) is 9.78. The van der Waals surface area contributed by atoms with Crippen LogP contribution >= 0.6 is 0 Å². The molecule has 0 N–H and O–H groups in total. The number of benzene rings is 1. The van der Waals surface area contributed by atoms with Crippen LogP contribution in [0.1, 0.15) is 56.5 Å². The van der Waals surface area contributed by atoms with E-state index in [1.807, 2.05) is 24.3 Å². The van der Waals surface area contributed by atoms with E-state index in [9.17, 15) is 9.59 Å². The first kappa shape index (κ1) is 18.9. The van der Waals surface area contributed by atoms with Crippen molar-refractivity contribution in [1.29, 1.82) is 0 Å². The van der Waals surface area contributed by atoms with Crippen molar-refractivity contribution in [3.63, 3.8) is 0 Å². The zero-order valence-electron chi connectivity index (χ0n) is 14.5. The molecule has 0 heterocycles. The third-order valence-corrected chi connectivity index (χ3v) is 3.40. The van der Waals surface area contributed by atoms with Gasteiger partial charge in [-0.25, -0.2) is 0 Å². The minimum atomic E-state index is -0.305. The highest BCUT2D eigenvalue weighted by Crippen LogP contribution is 2.14. The number of carbonyl (C=O) groups excluding carboxylic acids is 2. The second-order valence-electron chi connectivity index (χ2n) is 6.05. The van der Waals surface area contributed by atoms with Gasteiger partial charge in [-0.05, 0) is 51.3 Å². The van der Waals surface area contributed by atoms with E-state index in [0.29, 0.717) is 12.0 Å². The van der Waals surface area contributed by atoms with E-state index >= 15 is 0 Å². The molecule has 0 aliphatic carbocycles. The zero-order valence-corrected chi connectivity index (χ0v) is 14.5. The van der Waals surface area contributed by atoms with E-state index in [1.165, 1.54) is 18.1 Å². The van der Waals surface area contributed by atoms with Gasteiger partial charge in [-0.1, -0.05) is 35.4 Å². The van der Waals surface area contributed by atoms with E-state index in [2.05, 4.69) is 26.8 Å². The van der Waals surface area contributed by atoms with Crippen molar-refractivity contribution in [2.45, 2.75) is 53.1 Å². The first-order chi connectivity index (χ1) is 10.9. The topological polar surface area (TPSA) is 43.4 Å². The molecule has 1 atom stereocenters. The quantitative estimate of drug-likeness (QED) is 0.398. The van der Waals surface area contributed by atoms with Gasteiger partial charge < -0.3 is 4.74 Å². The molecule has 1 aromatic carbocycles. The molecule has 0 unspecified atom stereocenters. The summed E-state index contributed by atoms with van der Waals surface area (Å²) in [6.45, 7) is 7.64. The van der Waals surface area contributed by atoms with Crippen LogP contribution in [0.15, 0.2) is 47.6 Å². The van der Waals surface area contributed by atoms with Crippen LogP contribution in [0.3, 0.4) is 0 Å². The third kappa shape index (κ3) is 8.15. The van der Waals surface area contributed by atoms with E-state index in [0.717, 1.165) is 24.7 Å². The van der Waals surface area contributed by atoms with E-state index in [1.54, 1.807) is 6.07 Å². The van der Waals surface area contributed by atoms with Gasteiger partial charge in [0.25, 0.3) is 0 Å². The molecule has 0 amide bonds. The van der Waals surface area contributed by atoms with Crippen LogP contribution in [0, 0.1) is 0 Å². The fourth-order valence-corrected chi connectivity index (χ4v) is 2.36. The van der Waals surface area contributed by atoms with Crippen molar-refractivity contribution in [2.24, 2.45) is 0 Å². The summed E-state index contributed by atoms with van der Waals surface area (Å²) in [5.41, 5.74) is 4.11. The zero-order chi connectivity index (χ0) is 17.2. The maximum atomic E-state index is 11.3. The molecular formula is C20H26O3. The summed E-state index contributed by atoms with van der Waals surface area (Å²) in [7, 11) is 0. The van der Waals surface area contributed by atoms with Crippen LogP contribution < -0.4 is 0 Å². The summed E-state index contributed by atoms with van der Waals surface area (Å²) >= 11 is 0. The smallest absolute Gasteiger partial charge is 0.303 e. The average molecular weight is 314 g/mol. The van der Waals surface area contributed by atoms with Crippen molar-refractivity contribution in [2.75, 3.05) is 0 Å². The van der Waals surface area contributed by atoms with Crippen LogP contribution in [0.4, 0.5) is 0 Å². The highest BCUT2D eigenvalue weighted by molar-refractivity contribution is 5.74. The van der Waals surface area contributed by atoms with Gasteiger partial charge in [-0.15, -0.1) is 0 Å². The van der Waals surface area contributed by atoms with Gasteiger partial charge in [0.05, 0.1) is 0 Å². The van der Waals surface area contributed by atoms with Gasteiger partial charge >= 0.3 is 5.97 Å². The van der Waals surface area contributed by atoms with E-state index < -0.39 is 0 Å². The van der Waals surface area contributed by atoms with Crippen LogP contribution in [0.5, 0.6) is 0 Å². The summed E-state index contributed by atoms with van der Waals surface area (Å²) in [5.74, 6) is -0.296. The Kier molecular flexibility index (Phi) is 8.03. The fraction of sp³-hybridized carbons (Fsp3) is 0.400. The number of carbonyl (C=O) groups is 2. The first-order valence-electron chi connectivity index (χ1n) is 7.92. The molecule has 124 valence electrons. The molecule has 0 aliphatic rings. The Morgan fingerprint density at radius 3 is 2.57 bits per heavy atom. The van der Waals surface area contributed by atoms with Crippen molar-refractivity contribution in [3.8, 4) is 0 Å². The summed E-state index contributed by atoms with van der Waals surface area (Å²) in [5, 5.41) is 0. The summed E-state index contributed by atoms with van der Waals surface area (Å²) in [6, 6.07) is 7.37. The number of ether oxygens (including phenoxy) is 1. The Hall–Kier alpha value is -2.16. The van der Waals surface area contributed by atoms with Gasteiger partial charge in [0.15, 0.2) is 0 Å². The molecule has 0 aromatic heterocycles. The van der Waals surface area contributed by atoms with Crippen LogP contribution in [0.25, 0.3) is 0 Å². The summed E-state index contributed by atoms with van der Waals surface area (Å²) in [4.78, 5) is 22.2. The van der Waals surface area contributed by atoms with Crippen LogP contribution in [-0.2, 0) is 16.0 Å². The maximum Gasteiger partial charge on any atom is 0.303 e. The predicted octanol–water partition coefficient (Wildman–Crippen LogP) is 4.67.